The Bertz CT molecular complexity index is 597. The summed E-state index contributed by atoms with van der Waals surface area (Å²) in [5.74, 6) is 0.573. The van der Waals surface area contributed by atoms with Gasteiger partial charge in [0.1, 0.15) is 17.3 Å². The highest BCUT2D eigenvalue weighted by Crippen LogP contribution is 2.25. The van der Waals surface area contributed by atoms with Crippen LogP contribution in [-0.2, 0) is 6.54 Å². The molecule has 1 aromatic heterocycles. The molecule has 1 amide bonds. The van der Waals surface area contributed by atoms with Gasteiger partial charge in [-0.05, 0) is 12.1 Å². The van der Waals surface area contributed by atoms with Gasteiger partial charge in [-0.25, -0.2) is 0 Å². The first kappa shape index (κ1) is 13.2. The summed E-state index contributed by atoms with van der Waals surface area (Å²) in [7, 11) is 1.55. The molecule has 1 aromatic carbocycles. The van der Waals surface area contributed by atoms with Gasteiger partial charge in [0.05, 0.1) is 7.11 Å². The van der Waals surface area contributed by atoms with Crippen LogP contribution in [0.3, 0.4) is 0 Å². The predicted molar refractivity (Wildman–Crippen MR) is 72.2 cm³/mol. The number of carbonyl (C=O) groups is 1. The number of hydrogen-bond acceptors (Lipinski definition) is 4. The smallest absolute Gasteiger partial charge is 0.269 e. The van der Waals surface area contributed by atoms with Crippen molar-refractivity contribution < 1.29 is 9.53 Å². The maximum absolute atomic E-state index is 11.8. The average Bonchev–Trinajstić information content (AvgIpc) is 2.83. The van der Waals surface area contributed by atoms with E-state index in [1.165, 1.54) is 6.07 Å². The van der Waals surface area contributed by atoms with Gasteiger partial charge in [-0.2, -0.15) is 5.10 Å². The third-order valence-corrected chi connectivity index (χ3v) is 2.92. The van der Waals surface area contributed by atoms with Crippen molar-refractivity contribution in [2.75, 3.05) is 12.8 Å². The normalized spacial score (nSPS) is 10.2. The molecular formula is C12H13ClN4O2. The lowest BCUT2D eigenvalue weighted by Gasteiger charge is -2.10. The Kier molecular flexibility index (Phi) is 3.91. The molecule has 7 heteroatoms. The van der Waals surface area contributed by atoms with Gasteiger partial charge in [0.25, 0.3) is 5.91 Å². The predicted octanol–water partition coefficient (Wildman–Crippen LogP) is 1.58. The molecule has 2 rings (SSSR count). The second-order valence-corrected chi connectivity index (χ2v) is 4.22. The third-order valence-electron chi connectivity index (χ3n) is 2.56. The zero-order valence-electron chi connectivity index (χ0n) is 10.2. The van der Waals surface area contributed by atoms with Crippen LogP contribution >= 0.6 is 11.6 Å². The quantitative estimate of drug-likeness (QED) is 0.793. The number of anilines is 1. The molecule has 19 heavy (non-hydrogen) atoms. The van der Waals surface area contributed by atoms with Gasteiger partial charge in [0, 0.05) is 23.2 Å². The van der Waals surface area contributed by atoms with Crippen LogP contribution in [0.5, 0.6) is 5.75 Å². The molecule has 0 saturated heterocycles. The Morgan fingerprint density at radius 3 is 3.00 bits per heavy atom. The fraction of sp³-hybridized carbons (Fsp3) is 0.167. The van der Waals surface area contributed by atoms with Gasteiger partial charge >= 0.3 is 0 Å². The van der Waals surface area contributed by atoms with Crippen LogP contribution < -0.4 is 15.8 Å². The summed E-state index contributed by atoms with van der Waals surface area (Å²) in [5, 5.41) is 9.46. The summed E-state index contributed by atoms with van der Waals surface area (Å²) in [6.45, 7) is 0.251. The number of nitrogen functional groups attached to an aromatic ring is 1. The molecule has 0 atom stereocenters. The molecule has 0 aliphatic heterocycles. The largest absolute Gasteiger partial charge is 0.496 e. The zero-order chi connectivity index (χ0) is 13.8. The Balaban J connectivity index is 2.09. The minimum atomic E-state index is -0.314. The van der Waals surface area contributed by atoms with E-state index >= 15 is 0 Å². The van der Waals surface area contributed by atoms with Crippen LogP contribution in [0.4, 0.5) is 5.82 Å². The van der Waals surface area contributed by atoms with E-state index in [2.05, 4.69) is 15.5 Å². The summed E-state index contributed by atoms with van der Waals surface area (Å²) in [6, 6.07) is 6.75. The lowest BCUT2D eigenvalue weighted by atomic mass is 10.2. The van der Waals surface area contributed by atoms with E-state index in [1.54, 1.807) is 25.3 Å². The highest BCUT2D eigenvalue weighted by Gasteiger charge is 2.12. The summed E-state index contributed by atoms with van der Waals surface area (Å²) >= 11 is 6.07. The maximum atomic E-state index is 11.8. The molecule has 4 N–H and O–H groups in total. The van der Waals surface area contributed by atoms with Gasteiger partial charge < -0.3 is 15.8 Å². The fourth-order valence-electron chi connectivity index (χ4n) is 1.62. The summed E-state index contributed by atoms with van der Waals surface area (Å²) in [4.78, 5) is 11.8. The van der Waals surface area contributed by atoms with Gasteiger partial charge in [-0.1, -0.05) is 17.7 Å². The van der Waals surface area contributed by atoms with Crippen LogP contribution in [0.25, 0.3) is 0 Å². The number of benzene rings is 1. The first-order valence-corrected chi connectivity index (χ1v) is 5.90. The van der Waals surface area contributed by atoms with Gasteiger partial charge in [0.2, 0.25) is 0 Å². The molecule has 100 valence electrons. The number of nitrogens with one attached hydrogen (secondary N) is 2. The van der Waals surface area contributed by atoms with Crippen molar-refractivity contribution in [1.29, 1.82) is 0 Å². The minimum absolute atomic E-state index is 0.251. The van der Waals surface area contributed by atoms with Crippen molar-refractivity contribution in [3.63, 3.8) is 0 Å². The lowest BCUT2D eigenvalue weighted by molar-refractivity contribution is 0.0945. The molecule has 0 spiro atoms. The van der Waals surface area contributed by atoms with Crippen LogP contribution in [-0.4, -0.2) is 23.2 Å². The molecule has 6 nitrogen and oxygen atoms in total. The number of amides is 1. The number of carbonyl (C=O) groups excluding carboxylic acids is 1. The maximum Gasteiger partial charge on any atom is 0.269 e. The van der Waals surface area contributed by atoms with E-state index in [0.29, 0.717) is 22.0 Å². The van der Waals surface area contributed by atoms with E-state index in [4.69, 9.17) is 22.1 Å². The Morgan fingerprint density at radius 1 is 1.58 bits per heavy atom. The monoisotopic (exact) mass is 280 g/mol. The number of methoxy groups -OCH3 is 1. The SMILES string of the molecule is COc1cccc(Cl)c1CNC(=O)c1cc(N)n[nH]1. The molecule has 0 aliphatic rings. The van der Waals surface area contributed by atoms with Gasteiger partial charge in [-0.3, -0.25) is 9.89 Å². The first-order chi connectivity index (χ1) is 9.11. The Labute approximate surface area is 114 Å². The van der Waals surface area contributed by atoms with Crippen molar-refractivity contribution in [2.45, 2.75) is 6.54 Å². The van der Waals surface area contributed by atoms with E-state index < -0.39 is 0 Å². The highest BCUT2D eigenvalue weighted by molar-refractivity contribution is 6.31. The zero-order valence-corrected chi connectivity index (χ0v) is 11.0. The molecular weight excluding hydrogens is 268 g/mol. The van der Waals surface area contributed by atoms with Crippen LogP contribution in [0.1, 0.15) is 16.1 Å². The molecule has 0 unspecified atom stereocenters. The first-order valence-electron chi connectivity index (χ1n) is 5.52. The topological polar surface area (TPSA) is 93.0 Å². The highest BCUT2D eigenvalue weighted by atomic mass is 35.5. The number of ether oxygens (including phenoxy) is 1. The van der Waals surface area contributed by atoms with E-state index in [-0.39, 0.29) is 18.3 Å². The van der Waals surface area contributed by atoms with Gasteiger partial charge in [0.15, 0.2) is 0 Å². The number of halogens is 1. The van der Waals surface area contributed by atoms with Crippen LogP contribution in [0.15, 0.2) is 24.3 Å². The summed E-state index contributed by atoms with van der Waals surface area (Å²) in [6.07, 6.45) is 0. The molecule has 0 fully saturated rings. The van der Waals surface area contributed by atoms with E-state index in [1.807, 2.05) is 0 Å². The van der Waals surface area contributed by atoms with Crippen LogP contribution in [0, 0.1) is 0 Å². The second-order valence-electron chi connectivity index (χ2n) is 3.81. The van der Waals surface area contributed by atoms with Crippen molar-refractivity contribution in [3.05, 3.63) is 40.5 Å². The Morgan fingerprint density at radius 2 is 2.37 bits per heavy atom. The standard InChI is InChI=1S/C12H13ClN4O2/c1-19-10-4-2-3-8(13)7(10)6-15-12(18)9-5-11(14)17-16-9/h2-5H,6H2,1H3,(H,15,18)(H3,14,16,17). The number of rotatable bonds is 4. The Hall–Kier alpha value is -2.21. The van der Waals surface area contributed by atoms with Crippen molar-refractivity contribution in [2.24, 2.45) is 0 Å². The number of hydrogen-bond donors (Lipinski definition) is 3. The van der Waals surface area contributed by atoms with Crippen molar-refractivity contribution >= 4 is 23.3 Å². The van der Waals surface area contributed by atoms with Crippen molar-refractivity contribution in [1.82, 2.24) is 15.5 Å². The average molecular weight is 281 g/mol. The fourth-order valence-corrected chi connectivity index (χ4v) is 1.85. The second kappa shape index (κ2) is 5.62. The minimum Gasteiger partial charge on any atom is -0.496 e. The van der Waals surface area contributed by atoms with Crippen LogP contribution in [0.2, 0.25) is 5.02 Å². The number of H-pyrrole nitrogens is 1. The number of nitrogens with zero attached hydrogens (tertiary/aromatic N) is 1. The number of aromatic amines is 1. The molecule has 1 heterocycles. The molecule has 2 aromatic rings. The van der Waals surface area contributed by atoms with Gasteiger partial charge in [-0.15, -0.1) is 0 Å². The molecule has 0 radical (unpaired) electrons. The molecule has 0 saturated carbocycles. The number of aromatic nitrogens is 2. The molecule has 0 aliphatic carbocycles. The summed E-state index contributed by atoms with van der Waals surface area (Å²) in [5.41, 5.74) is 6.44. The number of nitrogens with two attached hydrogens (primary N) is 1. The van der Waals surface area contributed by atoms with Crippen molar-refractivity contribution in [3.8, 4) is 5.75 Å². The molecule has 0 bridgehead atoms. The third kappa shape index (κ3) is 2.97. The summed E-state index contributed by atoms with van der Waals surface area (Å²) < 4.78 is 5.19. The van der Waals surface area contributed by atoms with E-state index in [9.17, 15) is 4.79 Å². The lowest BCUT2D eigenvalue weighted by Crippen LogP contribution is -2.23. The van der Waals surface area contributed by atoms with E-state index in [0.717, 1.165) is 0 Å².